The molecule has 9 nitrogen and oxygen atoms in total. The summed E-state index contributed by atoms with van der Waals surface area (Å²) in [6.45, 7) is 1.29. The molecule has 0 bridgehead atoms. The van der Waals surface area contributed by atoms with Crippen LogP contribution in [-0.2, 0) is 20.7 Å². The molecule has 2 rings (SSSR count). The molecule has 0 saturated carbocycles. The number of ether oxygens (including phenoxy) is 1. The highest BCUT2D eigenvalue weighted by molar-refractivity contribution is 6.02. The molecule has 0 saturated heterocycles. The van der Waals surface area contributed by atoms with Crippen LogP contribution in [0.1, 0.15) is 12.5 Å². The second-order valence-corrected chi connectivity index (χ2v) is 5.50. The molecule has 0 radical (unpaired) electrons. The van der Waals surface area contributed by atoms with Crippen molar-refractivity contribution in [1.82, 2.24) is 5.32 Å². The number of nitro groups is 1. The smallest absolute Gasteiger partial charge is 0.325 e. The van der Waals surface area contributed by atoms with Crippen molar-refractivity contribution in [1.29, 1.82) is 0 Å². The number of carbonyl (C=O) groups excluding carboxylic acids is 3. The lowest BCUT2D eigenvalue weighted by molar-refractivity contribution is -0.385. The molecule has 0 fully saturated rings. The summed E-state index contributed by atoms with van der Waals surface area (Å²) in [6, 6.07) is 13.4. The van der Waals surface area contributed by atoms with Gasteiger partial charge in [0.1, 0.15) is 0 Å². The molecular weight excluding hydrogens is 354 g/mol. The molecule has 9 heteroatoms. The maximum absolute atomic E-state index is 12.0. The molecule has 0 spiro atoms. The Labute approximate surface area is 154 Å². The number of imide groups is 1. The van der Waals surface area contributed by atoms with E-state index >= 15 is 0 Å². The lowest BCUT2D eigenvalue weighted by Gasteiger charge is -2.13. The fourth-order valence-corrected chi connectivity index (χ4v) is 2.18. The third-order valence-corrected chi connectivity index (χ3v) is 3.47. The monoisotopic (exact) mass is 371 g/mol. The van der Waals surface area contributed by atoms with Gasteiger partial charge in [-0.2, -0.15) is 0 Å². The van der Waals surface area contributed by atoms with Gasteiger partial charge in [0.15, 0.2) is 6.10 Å². The first kappa shape index (κ1) is 19.6. The number of nitrogens with zero attached hydrogens (tertiary/aromatic N) is 1. The van der Waals surface area contributed by atoms with Gasteiger partial charge in [0, 0.05) is 17.3 Å². The van der Waals surface area contributed by atoms with Crippen molar-refractivity contribution in [3.63, 3.8) is 0 Å². The largest absolute Gasteiger partial charge is 0.452 e. The number of hydrogen-bond acceptors (Lipinski definition) is 6. The first-order valence-corrected chi connectivity index (χ1v) is 7.95. The fraction of sp³-hybridized carbons (Fsp3) is 0.167. The van der Waals surface area contributed by atoms with Crippen LogP contribution < -0.4 is 10.6 Å². The third-order valence-electron chi connectivity index (χ3n) is 3.47. The Morgan fingerprint density at radius 1 is 1.07 bits per heavy atom. The van der Waals surface area contributed by atoms with E-state index in [9.17, 15) is 24.5 Å². The zero-order chi connectivity index (χ0) is 19.8. The molecule has 0 aliphatic rings. The number of anilines is 1. The number of para-hydroxylation sites is 2. The van der Waals surface area contributed by atoms with E-state index in [2.05, 4.69) is 10.6 Å². The summed E-state index contributed by atoms with van der Waals surface area (Å²) in [6.07, 6.45) is -1.62. The van der Waals surface area contributed by atoms with Gasteiger partial charge >= 0.3 is 12.0 Å². The van der Waals surface area contributed by atoms with Crippen LogP contribution in [0.4, 0.5) is 16.2 Å². The molecule has 140 valence electrons. The molecule has 1 atom stereocenters. The fourth-order valence-electron chi connectivity index (χ4n) is 2.18. The average molecular weight is 371 g/mol. The van der Waals surface area contributed by atoms with E-state index in [-0.39, 0.29) is 17.7 Å². The van der Waals surface area contributed by atoms with Crippen molar-refractivity contribution in [2.45, 2.75) is 19.4 Å². The van der Waals surface area contributed by atoms with Crippen molar-refractivity contribution >= 4 is 29.3 Å². The van der Waals surface area contributed by atoms with Gasteiger partial charge < -0.3 is 10.1 Å². The van der Waals surface area contributed by atoms with E-state index in [4.69, 9.17) is 4.74 Å². The lowest BCUT2D eigenvalue weighted by atomic mass is 10.1. The number of benzene rings is 2. The Hall–Kier alpha value is -3.75. The summed E-state index contributed by atoms with van der Waals surface area (Å²) >= 11 is 0. The molecule has 0 aliphatic carbocycles. The molecule has 1 unspecified atom stereocenters. The third kappa shape index (κ3) is 5.92. The molecule has 3 amide bonds. The normalized spacial score (nSPS) is 11.1. The number of carbonyl (C=O) groups is 3. The van der Waals surface area contributed by atoms with Gasteiger partial charge in [0.05, 0.1) is 11.3 Å². The minimum Gasteiger partial charge on any atom is -0.452 e. The van der Waals surface area contributed by atoms with Crippen LogP contribution in [0.5, 0.6) is 0 Å². The van der Waals surface area contributed by atoms with Crippen molar-refractivity contribution in [3.8, 4) is 0 Å². The minimum atomic E-state index is -1.25. The maximum atomic E-state index is 12.0. The Morgan fingerprint density at radius 2 is 1.70 bits per heavy atom. The van der Waals surface area contributed by atoms with Crippen LogP contribution in [0.3, 0.4) is 0 Å². The minimum absolute atomic E-state index is 0.168. The molecule has 0 aromatic heterocycles. The molecule has 2 aromatic carbocycles. The van der Waals surface area contributed by atoms with E-state index in [0.717, 1.165) is 0 Å². The Morgan fingerprint density at radius 3 is 2.37 bits per heavy atom. The number of nitro benzene ring substituents is 1. The second-order valence-electron chi connectivity index (χ2n) is 5.50. The number of urea groups is 1. The molecule has 27 heavy (non-hydrogen) atoms. The Balaban J connectivity index is 1.87. The van der Waals surface area contributed by atoms with Crippen molar-refractivity contribution < 1.29 is 24.0 Å². The Bertz CT molecular complexity index is 853. The van der Waals surface area contributed by atoms with Gasteiger partial charge in [-0.05, 0) is 19.1 Å². The van der Waals surface area contributed by atoms with Crippen molar-refractivity contribution in [2.75, 3.05) is 5.32 Å². The van der Waals surface area contributed by atoms with Gasteiger partial charge in [-0.1, -0.05) is 36.4 Å². The zero-order valence-electron chi connectivity index (χ0n) is 14.4. The zero-order valence-corrected chi connectivity index (χ0v) is 14.4. The number of nitrogens with one attached hydrogen (secondary N) is 2. The highest BCUT2D eigenvalue weighted by Crippen LogP contribution is 2.18. The van der Waals surface area contributed by atoms with Gasteiger partial charge in [-0.3, -0.25) is 25.0 Å². The predicted molar refractivity (Wildman–Crippen MR) is 96.0 cm³/mol. The van der Waals surface area contributed by atoms with Crippen molar-refractivity contribution in [3.05, 3.63) is 70.3 Å². The molecule has 2 N–H and O–H groups in total. The predicted octanol–water partition coefficient (Wildman–Crippen LogP) is 2.42. The van der Waals surface area contributed by atoms with Crippen LogP contribution in [-0.4, -0.2) is 28.9 Å². The first-order chi connectivity index (χ1) is 12.9. The molecule has 0 aliphatic heterocycles. The van der Waals surface area contributed by atoms with Gasteiger partial charge in [0.2, 0.25) is 0 Å². The standard InChI is InChI=1S/C18H17N3O6/c1-12(17(23)20-18(24)19-14-8-3-2-4-9-14)27-16(22)11-13-7-5-6-10-15(13)21(25)26/h2-10,12H,11H2,1H3,(H2,19,20,23,24). The molecule has 2 aromatic rings. The van der Waals surface area contributed by atoms with Gasteiger partial charge in [-0.25, -0.2) is 4.79 Å². The van der Waals surface area contributed by atoms with Crippen LogP contribution in [0.2, 0.25) is 0 Å². The summed E-state index contributed by atoms with van der Waals surface area (Å²) in [5.41, 5.74) is 0.444. The maximum Gasteiger partial charge on any atom is 0.325 e. The Kier molecular flexibility index (Phi) is 6.59. The van der Waals surface area contributed by atoms with E-state index in [1.807, 2.05) is 0 Å². The van der Waals surface area contributed by atoms with Gasteiger partial charge in [-0.15, -0.1) is 0 Å². The highest BCUT2D eigenvalue weighted by Gasteiger charge is 2.22. The van der Waals surface area contributed by atoms with E-state index < -0.39 is 28.9 Å². The molecular formula is C18H17N3O6. The first-order valence-electron chi connectivity index (χ1n) is 7.95. The molecule has 0 heterocycles. The lowest BCUT2D eigenvalue weighted by Crippen LogP contribution is -2.41. The summed E-state index contributed by atoms with van der Waals surface area (Å²) in [4.78, 5) is 46.0. The van der Waals surface area contributed by atoms with E-state index in [1.54, 1.807) is 36.4 Å². The number of amides is 3. The number of rotatable bonds is 6. The average Bonchev–Trinajstić information content (AvgIpc) is 2.62. The van der Waals surface area contributed by atoms with Crippen LogP contribution in [0.25, 0.3) is 0 Å². The number of esters is 1. The topological polar surface area (TPSA) is 128 Å². The van der Waals surface area contributed by atoms with Gasteiger partial charge in [0.25, 0.3) is 11.6 Å². The van der Waals surface area contributed by atoms with Crippen molar-refractivity contribution in [2.24, 2.45) is 0 Å². The number of hydrogen-bond donors (Lipinski definition) is 2. The van der Waals surface area contributed by atoms with Crippen LogP contribution in [0.15, 0.2) is 54.6 Å². The SMILES string of the molecule is CC(OC(=O)Cc1ccccc1[N+](=O)[O-])C(=O)NC(=O)Nc1ccccc1. The summed E-state index contributed by atoms with van der Waals surface area (Å²) < 4.78 is 4.95. The van der Waals surface area contributed by atoms with Crippen LogP contribution in [0, 0.1) is 10.1 Å². The second kappa shape index (κ2) is 9.09. The summed E-state index contributed by atoms with van der Waals surface area (Å²) in [5, 5.41) is 15.5. The summed E-state index contributed by atoms with van der Waals surface area (Å²) in [5.74, 6) is -1.64. The van der Waals surface area contributed by atoms with Crippen LogP contribution >= 0.6 is 0 Å². The summed E-state index contributed by atoms with van der Waals surface area (Å²) in [7, 11) is 0. The highest BCUT2D eigenvalue weighted by atomic mass is 16.6. The van der Waals surface area contributed by atoms with E-state index in [0.29, 0.717) is 5.69 Å². The quantitative estimate of drug-likeness (QED) is 0.456. The van der Waals surface area contributed by atoms with E-state index in [1.165, 1.54) is 25.1 Å².